The summed E-state index contributed by atoms with van der Waals surface area (Å²) in [6.07, 6.45) is 1.87. The van der Waals surface area contributed by atoms with E-state index in [9.17, 15) is 8.42 Å². The molecule has 0 saturated carbocycles. The molecule has 0 unspecified atom stereocenters. The van der Waals surface area contributed by atoms with Crippen molar-refractivity contribution in [2.24, 2.45) is 5.73 Å². The molecule has 1 heterocycles. The Morgan fingerprint density at radius 2 is 1.89 bits per heavy atom. The minimum atomic E-state index is -3.41. The van der Waals surface area contributed by atoms with Crippen molar-refractivity contribution in [2.75, 3.05) is 24.4 Å². The Bertz CT molecular complexity index is 510. The summed E-state index contributed by atoms with van der Waals surface area (Å²) in [4.78, 5) is 0. The van der Waals surface area contributed by atoms with Gasteiger partial charge in [0.2, 0.25) is 0 Å². The molecule has 0 aromatic heterocycles. The summed E-state index contributed by atoms with van der Waals surface area (Å²) in [5, 5.41) is 0. The molecule has 0 radical (unpaired) electrons. The van der Waals surface area contributed by atoms with Crippen LogP contribution in [0.5, 0.6) is 0 Å². The average molecular weight is 269 g/mol. The standard InChI is InChI=1S/C12H19N3O2S/c1-14(12-7-3-2-6-11(12)10-13)18(16,17)15-8-4-5-9-15/h2-3,6-7H,4-5,8-10,13H2,1H3. The van der Waals surface area contributed by atoms with Crippen LogP contribution in [0, 0.1) is 0 Å². The molecule has 1 fully saturated rings. The lowest BCUT2D eigenvalue weighted by molar-refractivity contribution is 0.476. The van der Waals surface area contributed by atoms with Crippen molar-refractivity contribution in [2.45, 2.75) is 19.4 Å². The Hall–Kier alpha value is -1.11. The van der Waals surface area contributed by atoms with Gasteiger partial charge in [-0.25, -0.2) is 0 Å². The largest absolute Gasteiger partial charge is 0.326 e. The SMILES string of the molecule is CN(c1ccccc1CN)S(=O)(=O)N1CCCC1. The Kier molecular flexibility index (Phi) is 3.89. The van der Waals surface area contributed by atoms with E-state index >= 15 is 0 Å². The highest BCUT2D eigenvalue weighted by atomic mass is 32.2. The van der Waals surface area contributed by atoms with Gasteiger partial charge in [0.15, 0.2) is 0 Å². The maximum absolute atomic E-state index is 12.4. The molecule has 18 heavy (non-hydrogen) atoms. The molecule has 6 heteroatoms. The van der Waals surface area contributed by atoms with Crippen LogP contribution in [0.4, 0.5) is 5.69 Å². The quantitative estimate of drug-likeness (QED) is 0.884. The summed E-state index contributed by atoms with van der Waals surface area (Å²) in [5.41, 5.74) is 7.15. The van der Waals surface area contributed by atoms with Gasteiger partial charge in [0, 0.05) is 26.7 Å². The van der Waals surface area contributed by atoms with E-state index in [1.165, 1.54) is 8.61 Å². The number of benzene rings is 1. The Balaban J connectivity index is 2.32. The number of hydrogen-bond donors (Lipinski definition) is 1. The van der Waals surface area contributed by atoms with Crippen molar-refractivity contribution in [3.05, 3.63) is 29.8 Å². The summed E-state index contributed by atoms with van der Waals surface area (Å²) < 4.78 is 27.7. The zero-order chi connectivity index (χ0) is 13.2. The molecule has 0 atom stereocenters. The highest BCUT2D eigenvalue weighted by Crippen LogP contribution is 2.24. The van der Waals surface area contributed by atoms with Gasteiger partial charge in [-0.05, 0) is 24.5 Å². The fourth-order valence-corrected chi connectivity index (χ4v) is 3.70. The van der Waals surface area contributed by atoms with Crippen molar-refractivity contribution < 1.29 is 8.42 Å². The molecule has 1 aliphatic heterocycles. The van der Waals surface area contributed by atoms with E-state index in [2.05, 4.69) is 0 Å². The van der Waals surface area contributed by atoms with Crippen LogP contribution < -0.4 is 10.0 Å². The third kappa shape index (κ3) is 2.36. The second kappa shape index (κ2) is 5.26. The summed E-state index contributed by atoms with van der Waals surface area (Å²) in [6.45, 7) is 1.55. The predicted octanol–water partition coefficient (Wildman–Crippen LogP) is 0.922. The Morgan fingerprint density at radius 3 is 2.50 bits per heavy atom. The second-order valence-electron chi connectivity index (χ2n) is 4.41. The van der Waals surface area contributed by atoms with Crippen LogP contribution in [0.25, 0.3) is 0 Å². The molecule has 1 saturated heterocycles. The van der Waals surface area contributed by atoms with Gasteiger partial charge >= 0.3 is 10.2 Å². The van der Waals surface area contributed by atoms with E-state index in [0.29, 0.717) is 25.3 Å². The summed E-state index contributed by atoms with van der Waals surface area (Å²) in [6, 6.07) is 7.33. The van der Waals surface area contributed by atoms with Gasteiger partial charge in [-0.1, -0.05) is 18.2 Å². The molecule has 2 rings (SSSR count). The molecule has 1 aliphatic rings. The van der Waals surface area contributed by atoms with Crippen molar-refractivity contribution in [3.8, 4) is 0 Å². The lowest BCUT2D eigenvalue weighted by Crippen LogP contribution is -2.40. The van der Waals surface area contributed by atoms with Crippen molar-refractivity contribution in [3.63, 3.8) is 0 Å². The molecular formula is C12H19N3O2S. The summed E-state index contributed by atoms with van der Waals surface area (Å²) >= 11 is 0. The number of hydrogen-bond acceptors (Lipinski definition) is 3. The third-order valence-electron chi connectivity index (χ3n) is 3.29. The fourth-order valence-electron chi connectivity index (χ4n) is 2.21. The molecule has 2 N–H and O–H groups in total. The van der Waals surface area contributed by atoms with E-state index in [1.54, 1.807) is 13.1 Å². The van der Waals surface area contributed by atoms with Crippen LogP contribution >= 0.6 is 0 Å². The fraction of sp³-hybridized carbons (Fsp3) is 0.500. The van der Waals surface area contributed by atoms with Crippen LogP contribution in [0.1, 0.15) is 18.4 Å². The number of anilines is 1. The van der Waals surface area contributed by atoms with Gasteiger partial charge in [0.25, 0.3) is 0 Å². The molecule has 1 aromatic carbocycles. The van der Waals surface area contributed by atoms with Gasteiger partial charge in [0.1, 0.15) is 0 Å². The molecular weight excluding hydrogens is 250 g/mol. The first kappa shape index (κ1) is 13.3. The first-order chi connectivity index (χ1) is 8.57. The van der Waals surface area contributed by atoms with E-state index in [4.69, 9.17) is 5.73 Å². The van der Waals surface area contributed by atoms with Gasteiger partial charge in [0.05, 0.1) is 5.69 Å². The van der Waals surface area contributed by atoms with Crippen LogP contribution in [-0.2, 0) is 16.8 Å². The normalized spacial score (nSPS) is 17.0. The van der Waals surface area contributed by atoms with Crippen LogP contribution in [-0.4, -0.2) is 32.9 Å². The zero-order valence-electron chi connectivity index (χ0n) is 10.5. The van der Waals surface area contributed by atoms with E-state index in [-0.39, 0.29) is 0 Å². The molecule has 0 amide bonds. The summed E-state index contributed by atoms with van der Waals surface area (Å²) in [7, 11) is -1.83. The van der Waals surface area contributed by atoms with Crippen LogP contribution in [0.2, 0.25) is 0 Å². The van der Waals surface area contributed by atoms with Gasteiger partial charge in [-0.3, -0.25) is 4.31 Å². The van der Waals surface area contributed by atoms with Crippen molar-refractivity contribution >= 4 is 15.9 Å². The van der Waals surface area contributed by atoms with Crippen molar-refractivity contribution in [1.82, 2.24) is 4.31 Å². The molecule has 0 spiro atoms. The lowest BCUT2D eigenvalue weighted by atomic mass is 10.2. The van der Waals surface area contributed by atoms with E-state index in [1.807, 2.05) is 18.2 Å². The highest BCUT2D eigenvalue weighted by molar-refractivity contribution is 7.90. The maximum Gasteiger partial charge on any atom is 0.303 e. The number of para-hydroxylation sites is 1. The monoisotopic (exact) mass is 269 g/mol. The number of rotatable bonds is 4. The van der Waals surface area contributed by atoms with Gasteiger partial charge in [-0.2, -0.15) is 12.7 Å². The zero-order valence-corrected chi connectivity index (χ0v) is 11.4. The Morgan fingerprint density at radius 1 is 1.28 bits per heavy atom. The maximum atomic E-state index is 12.4. The average Bonchev–Trinajstić information content (AvgIpc) is 2.92. The summed E-state index contributed by atoms with van der Waals surface area (Å²) in [5.74, 6) is 0. The smallest absolute Gasteiger partial charge is 0.303 e. The second-order valence-corrected chi connectivity index (χ2v) is 6.37. The topological polar surface area (TPSA) is 66.6 Å². The Labute approximate surface area is 108 Å². The predicted molar refractivity (Wildman–Crippen MR) is 72.5 cm³/mol. The molecule has 0 aliphatic carbocycles. The van der Waals surface area contributed by atoms with Gasteiger partial charge < -0.3 is 5.73 Å². The third-order valence-corrected chi connectivity index (χ3v) is 5.19. The lowest BCUT2D eigenvalue weighted by Gasteiger charge is -2.26. The van der Waals surface area contributed by atoms with Crippen molar-refractivity contribution in [1.29, 1.82) is 0 Å². The first-order valence-corrected chi connectivity index (χ1v) is 7.49. The molecule has 0 bridgehead atoms. The van der Waals surface area contributed by atoms with Gasteiger partial charge in [-0.15, -0.1) is 0 Å². The highest BCUT2D eigenvalue weighted by Gasteiger charge is 2.30. The van der Waals surface area contributed by atoms with Crippen LogP contribution in [0.3, 0.4) is 0 Å². The minimum Gasteiger partial charge on any atom is -0.326 e. The minimum absolute atomic E-state index is 0.329. The van der Waals surface area contributed by atoms with E-state index in [0.717, 1.165) is 18.4 Å². The molecule has 100 valence electrons. The molecule has 5 nitrogen and oxygen atoms in total. The van der Waals surface area contributed by atoms with Crippen LogP contribution in [0.15, 0.2) is 24.3 Å². The van der Waals surface area contributed by atoms with E-state index < -0.39 is 10.2 Å². The molecule has 1 aromatic rings. The number of nitrogens with two attached hydrogens (primary N) is 1. The number of nitrogens with zero attached hydrogens (tertiary/aromatic N) is 2. The first-order valence-electron chi connectivity index (χ1n) is 6.09.